The zero-order chi connectivity index (χ0) is 19.8. The van der Waals surface area contributed by atoms with Gasteiger partial charge in [0.15, 0.2) is 6.61 Å². The summed E-state index contributed by atoms with van der Waals surface area (Å²) in [4.78, 5) is 34.2. The third kappa shape index (κ3) is 5.96. The molecule has 2 aromatic carbocycles. The number of amides is 1. The second-order valence-corrected chi connectivity index (χ2v) is 5.85. The Balaban J connectivity index is 1.92. The Bertz CT molecular complexity index is 838. The summed E-state index contributed by atoms with van der Waals surface area (Å²) >= 11 is 5.71. The summed E-state index contributed by atoms with van der Waals surface area (Å²) in [5.74, 6) is -0.782. The quantitative estimate of drug-likeness (QED) is 0.415. The van der Waals surface area contributed by atoms with Gasteiger partial charge in [-0.15, -0.1) is 0 Å². The van der Waals surface area contributed by atoms with Crippen molar-refractivity contribution in [2.24, 2.45) is 0 Å². The molecule has 0 saturated carbocycles. The molecule has 0 aliphatic heterocycles. The zero-order valence-corrected chi connectivity index (χ0v) is 15.2. The number of hydrogen-bond acceptors (Lipinski definition) is 6. The highest BCUT2D eigenvalue weighted by atomic mass is 35.5. The number of hydrogen-bond donors (Lipinski definition) is 1. The topological polar surface area (TPSA) is 108 Å². The Hall–Kier alpha value is -3.13. The predicted molar refractivity (Wildman–Crippen MR) is 99.2 cm³/mol. The van der Waals surface area contributed by atoms with Crippen LogP contribution in [0.15, 0.2) is 42.5 Å². The van der Waals surface area contributed by atoms with Gasteiger partial charge in [-0.3, -0.25) is 14.9 Å². The number of nitrogens with zero attached hydrogens (tertiary/aromatic N) is 1. The van der Waals surface area contributed by atoms with Crippen molar-refractivity contribution in [2.75, 3.05) is 18.5 Å². The summed E-state index contributed by atoms with van der Waals surface area (Å²) < 4.78 is 10.3. The van der Waals surface area contributed by atoms with Gasteiger partial charge in [-0.2, -0.15) is 0 Å². The Morgan fingerprint density at radius 3 is 2.52 bits per heavy atom. The van der Waals surface area contributed by atoms with Crippen molar-refractivity contribution in [3.05, 3.63) is 63.2 Å². The molecule has 0 saturated heterocycles. The summed E-state index contributed by atoms with van der Waals surface area (Å²) in [6.07, 6.45) is 0.866. The number of carbonyl (C=O) groups is 2. The lowest BCUT2D eigenvalue weighted by molar-refractivity contribution is -0.383. The molecule has 0 aromatic heterocycles. The maximum atomic E-state index is 12.0. The molecule has 0 heterocycles. The van der Waals surface area contributed by atoms with Crippen molar-refractivity contribution in [1.82, 2.24) is 0 Å². The van der Waals surface area contributed by atoms with E-state index in [4.69, 9.17) is 21.1 Å². The van der Waals surface area contributed by atoms with E-state index < -0.39 is 23.4 Å². The van der Waals surface area contributed by atoms with Gasteiger partial charge in [0, 0.05) is 11.1 Å². The average molecular weight is 393 g/mol. The Kier molecular flexibility index (Phi) is 7.13. The van der Waals surface area contributed by atoms with Gasteiger partial charge in [-0.25, -0.2) is 4.79 Å². The third-order valence-corrected chi connectivity index (χ3v) is 3.56. The zero-order valence-electron chi connectivity index (χ0n) is 14.4. The van der Waals surface area contributed by atoms with E-state index in [1.165, 1.54) is 24.3 Å². The number of esters is 1. The van der Waals surface area contributed by atoms with Crippen LogP contribution in [-0.4, -0.2) is 30.0 Å². The van der Waals surface area contributed by atoms with Crippen molar-refractivity contribution in [1.29, 1.82) is 0 Å². The summed E-state index contributed by atoms with van der Waals surface area (Å²) in [6.45, 7) is 1.96. The molecule has 0 unspecified atom stereocenters. The minimum Gasteiger partial charge on any atom is -0.494 e. The van der Waals surface area contributed by atoms with Crippen LogP contribution in [0.2, 0.25) is 5.02 Å². The first-order chi connectivity index (χ1) is 12.9. The van der Waals surface area contributed by atoms with Crippen LogP contribution in [0.1, 0.15) is 23.7 Å². The van der Waals surface area contributed by atoms with Crippen molar-refractivity contribution < 1.29 is 24.0 Å². The second kappa shape index (κ2) is 9.54. The average Bonchev–Trinajstić information content (AvgIpc) is 2.66. The molecule has 0 spiro atoms. The van der Waals surface area contributed by atoms with Crippen molar-refractivity contribution in [2.45, 2.75) is 13.3 Å². The molecule has 1 amide bonds. The molecule has 0 radical (unpaired) electrons. The summed E-state index contributed by atoms with van der Waals surface area (Å²) in [7, 11) is 0. The number of halogens is 1. The normalized spacial score (nSPS) is 10.1. The standard InChI is InChI=1S/C18H17ClN2O6/c1-2-9-26-14-6-3-12(4-7-14)18(23)27-11-17(22)20-15-8-5-13(19)10-16(15)21(24)25/h3-8,10H,2,9,11H2,1H3,(H,20,22). The number of benzene rings is 2. The minimum absolute atomic E-state index is 0.0390. The van der Waals surface area contributed by atoms with Crippen LogP contribution in [0.25, 0.3) is 0 Å². The first-order valence-corrected chi connectivity index (χ1v) is 8.42. The molecule has 27 heavy (non-hydrogen) atoms. The molecule has 2 aromatic rings. The van der Waals surface area contributed by atoms with Gasteiger partial charge in [0.25, 0.3) is 11.6 Å². The number of nitrogens with one attached hydrogen (secondary N) is 1. The van der Waals surface area contributed by atoms with Gasteiger partial charge in [0.05, 0.1) is 17.1 Å². The molecule has 8 nitrogen and oxygen atoms in total. The van der Waals surface area contributed by atoms with E-state index in [9.17, 15) is 19.7 Å². The third-order valence-electron chi connectivity index (χ3n) is 3.33. The van der Waals surface area contributed by atoms with Crippen LogP contribution in [-0.2, 0) is 9.53 Å². The SMILES string of the molecule is CCCOc1ccc(C(=O)OCC(=O)Nc2ccc(Cl)cc2[N+](=O)[O-])cc1. The summed E-state index contributed by atoms with van der Waals surface area (Å²) in [5.41, 5.74) is -0.142. The molecule has 9 heteroatoms. The molecule has 2 rings (SSSR count). The van der Waals surface area contributed by atoms with Crippen molar-refractivity contribution in [3.63, 3.8) is 0 Å². The fourth-order valence-electron chi connectivity index (χ4n) is 2.07. The largest absolute Gasteiger partial charge is 0.494 e. The molecule has 0 aliphatic carbocycles. The monoisotopic (exact) mass is 392 g/mol. The fraction of sp³-hybridized carbons (Fsp3) is 0.222. The Morgan fingerprint density at radius 1 is 1.19 bits per heavy atom. The number of carbonyl (C=O) groups excluding carboxylic acids is 2. The van der Waals surface area contributed by atoms with Crippen LogP contribution in [0.3, 0.4) is 0 Å². The van der Waals surface area contributed by atoms with Gasteiger partial charge in [0.1, 0.15) is 11.4 Å². The number of nitro groups is 1. The lowest BCUT2D eigenvalue weighted by atomic mass is 10.2. The minimum atomic E-state index is -0.711. The Morgan fingerprint density at radius 2 is 1.89 bits per heavy atom. The van der Waals surface area contributed by atoms with Gasteiger partial charge >= 0.3 is 5.97 Å². The highest BCUT2D eigenvalue weighted by molar-refractivity contribution is 6.31. The lowest BCUT2D eigenvalue weighted by Crippen LogP contribution is -2.21. The first kappa shape index (κ1) is 20.2. The van der Waals surface area contributed by atoms with Crippen molar-refractivity contribution >= 4 is 34.9 Å². The molecule has 142 valence electrons. The molecule has 0 atom stereocenters. The highest BCUT2D eigenvalue weighted by Crippen LogP contribution is 2.27. The fourth-order valence-corrected chi connectivity index (χ4v) is 2.24. The van der Waals surface area contributed by atoms with E-state index >= 15 is 0 Å². The summed E-state index contributed by atoms with van der Waals surface area (Å²) in [5, 5.41) is 13.5. The highest BCUT2D eigenvalue weighted by Gasteiger charge is 2.17. The molecule has 0 bridgehead atoms. The van der Waals surface area contributed by atoms with Crippen LogP contribution in [0.4, 0.5) is 11.4 Å². The number of anilines is 1. The smallest absolute Gasteiger partial charge is 0.338 e. The first-order valence-electron chi connectivity index (χ1n) is 8.04. The molecule has 0 fully saturated rings. The van der Waals surface area contributed by atoms with Gasteiger partial charge in [-0.05, 0) is 42.8 Å². The van der Waals surface area contributed by atoms with E-state index in [2.05, 4.69) is 5.32 Å². The van der Waals surface area contributed by atoms with Crippen LogP contribution in [0.5, 0.6) is 5.75 Å². The van der Waals surface area contributed by atoms with E-state index in [1.807, 2.05) is 6.92 Å². The Labute approximate surface area is 160 Å². The van der Waals surface area contributed by atoms with Crippen LogP contribution in [0, 0.1) is 10.1 Å². The van der Waals surface area contributed by atoms with E-state index in [-0.39, 0.29) is 22.0 Å². The van der Waals surface area contributed by atoms with Crippen molar-refractivity contribution in [3.8, 4) is 5.75 Å². The van der Waals surface area contributed by atoms with E-state index in [1.54, 1.807) is 12.1 Å². The van der Waals surface area contributed by atoms with Crippen LogP contribution >= 0.6 is 11.6 Å². The predicted octanol–water partition coefficient (Wildman–Crippen LogP) is 3.83. The maximum absolute atomic E-state index is 12.0. The van der Waals surface area contributed by atoms with E-state index in [0.717, 1.165) is 12.5 Å². The molecule has 0 aliphatic rings. The number of ether oxygens (including phenoxy) is 2. The lowest BCUT2D eigenvalue weighted by Gasteiger charge is -2.08. The van der Waals surface area contributed by atoms with Crippen LogP contribution < -0.4 is 10.1 Å². The number of nitro benzene ring substituents is 1. The van der Waals surface area contributed by atoms with E-state index in [0.29, 0.717) is 12.4 Å². The molecular formula is C18H17ClN2O6. The molecular weight excluding hydrogens is 376 g/mol. The second-order valence-electron chi connectivity index (χ2n) is 5.42. The van der Waals surface area contributed by atoms with Gasteiger partial charge in [-0.1, -0.05) is 18.5 Å². The van der Waals surface area contributed by atoms with Gasteiger partial charge in [0.2, 0.25) is 0 Å². The van der Waals surface area contributed by atoms with Gasteiger partial charge < -0.3 is 14.8 Å². The maximum Gasteiger partial charge on any atom is 0.338 e. The number of rotatable bonds is 8. The summed E-state index contributed by atoms with van der Waals surface area (Å²) in [6, 6.07) is 10.1. The molecule has 1 N–H and O–H groups in total.